The zero-order valence-electron chi connectivity index (χ0n) is 38.5. The lowest BCUT2D eigenvalue weighted by Gasteiger charge is -2.17. The summed E-state index contributed by atoms with van der Waals surface area (Å²) in [5.74, 6) is 1.15. The maximum Gasteiger partial charge on any atom is 0.337 e. The van der Waals surface area contributed by atoms with Gasteiger partial charge in [-0.1, -0.05) is 59.6 Å². The van der Waals surface area contributed by atoms with Crippen molar-refractivity contribution in [1.82, 2.24) is 18.3 Å². The molecule has 0 saturated carbocycles. The van der Waals surface area contributed by atoms with Crippen LogP contribution in [-0.4, -0.2) is 42.4 Å². The van der Waals surface area contributed by atoms with Crippen molar-refractivity contribution in [3.8, 4) is 23.0 Å². The van der Waals surface area contributed by atoms with E-state index in [4.69, 9.17) is 42.5 Å². The van der Waals surface area contributed by atoms with Crippen molar-refractivity contribution in [2.45, 2.75) is 40.0 Å². The minimum atomic E-state index is -1.04. The van der Waals surface area contributed by atoms with Crippen LogP contribution < -0.4 is 42.6 Å². The van der Waals surface area contributed by atoms with Crippen molar-refractivity contribution in [3.63, 3.8) is 0 Å². The summed E-state index contributed by atoms with van der Waals surface area (Å²) in [6, 6.07) is 43.9. The number of halogens is 2. The molecule has 0 amide bonds. The van der Waals surface area contributed by atoms with Gasteiger partial charge in [-0.2, -0.15) is 0 Å². The zero-order chi connectivity index (χ0) is 50.6. The molecular formula is C53H46Cl2N6O10. The van der Waals surface area contributed by atoms with Crippen molar-refractivity contribution in [2.24, 2.45) is 0 Å². The number of aromatic carboxylic acids is 1. The molecule has 0 atom stereocenters. The summed E-state index contributed by atoms with van der Waals surface area (Å²) in [7, 11) is 1.32. The van der Waals surface area contributed by atoms with Gasteiger partial charge in [-0.15, -0.1) is 0 Å². The van der Waals surface area contributed by atoms with Crippen molar-refractivity contribution >= 4 is 58.2 Å². The lowest BCUT2D eigenvalue weighted by molar-refractivity contribution is 0.0599. The molecule has 0 aliphatic rings. The van der Waals surface area contributed by atoms with Crippen LogP contribution in [0.15, 0.2) is 177 Å². The van der Waals surface area contributed by atoms with Crippen LogP contribution in [0.1, 0.15) is 45.7 Å². The fourth-order valence-electron chi connectivity index (χ4n) is 7.15. The van der Waals surface area contributed by atoms with E-state index < -0.39 is 28.9 Å². The SMILES string of the molecule is CCn1c(=O)cc(Nc2ccc(Oc3cccc(C(=O)O)c3)cc2)n(Cc2ccc(Cl)cc2)c1=O.CCn1c(=O)cc(Nc2ccc(Oc3cccc(C(=O)OC)c3)cc2)n(Cc2ccc(Cl)cc2)c1=O. The second kappa shape index (κ2) is 23.1. The standard InChI is InChI=1S/C27H24ClN3O5.C26H22ClN3O5/c1-3-30-25(32)16-24(31(27(30)34)17-18-7-9-20(28)10-8-18)29-21-11-13-22(14-12-21)36-23-6-4-5-19(15-23)26(33)35-2;1-2-29-24(31)15-23(30(26(29)34)16-17-6-8-19(27)9-7-17)28-20-10-12-21(13-11-20)35-22-5-3-4-18(14-22)25(32)33/h4-16,29H,3,17H2,1-2H3;3-15,28H,2,16H2,1H3,(H,32,33). The summed E-state index contributed by atoms with van der Waals surface area (Å²) in [5.41, 5.74) is 1.90. The Hall–Kier alpha value is -8.60. The highest BCUT2D eigenvalue weighted by Crippen LogP contribution is 2.27. The van der Waals surface area contributed by atoms with Crippen molar-refractivity contribution in [2.75, 3.05) is 17.7 Å². The second-order valence-electron chi connectivity index (χ2n) is 15.6. The molecular weight excluding hydrogens is 952 g/mol. The molecule has 2 aromatic heterocycles. The average molecular weight is 998 g/mol. The summed E-state index contributed by atoms with van der Waals surface area (Å²) in [5, 5.41) is 16.6. The highest BCUT2D eigenvalue weighted by Gasteiger charge is 2.15. The lowest BCUT2D eigenvalue weighted by atomic mass is 10.2. The Morgan fingerprint density at radius 3 is 1.28 bits per heavy atom. The molecule has 0 unspecified atom stereocenters. The lowest BCUT2D eigenvalue weighted by Crippen LogP contribution is -2.40. The van der Waals surface area contributed by atoms with Gasteiger partial charge in [0, 0.05) is 46.6 Å². The van der Waals surface area contributed by atoms with Crippen LogP contribution in [-0.2, 0) is 30.9 Å². The first-order chi connectivity index (χ1) is 34.2. The third-order valence-electron chi connectivity index (χ3n) is 10.8. The molecule has 3 N–H and O–H groups in total. The number of ether oxygens (including phenoxy) is 3. The van der Waals surface area contributed by atoms with Gasteiger partial charge in [-0.3, -0.25) is 27.9 Å². The van der Waals surface area contributed by atoms with Crippen molar-refractivity contribution in [1.29, 1.82) is 0 Å². The first kappa shape index (κ1) is 50.3. The van der Waals surface area contributed by atoms with Gasteiger partial charge >= 0.3 is 23.3 Å². The second-order valence-corrected chi connectivity index (χ2v) is 16.4. The predicted octanol–water partition coefficient (Wildman–Crippen LogP) is 10.0. The molecule has 0 spiro atoms. The number of carboxylic acid groups (broad SMARTS) is 1. The largest absolute Gasteiger partial charge is 0.478 e. The third kappa shape index (κ3) is 12.9. The number of anilines is 4. The number of benzene rings is 6. The topological polar surface area (TPSA) is 194 Å². The number of esters is 1. The van der Waals surface area contributed by atoms with E-state index in [2.05, 4.69) is 10.6 Å². The monoisotopic (exact) mass is 996 g/mol. The van der Waals surface area contributed by atoms with Gasteiger partial charge in [0.05, 0.1) is 31.3 Å². The Kier molecular flexibility index (Phi) is 16.4. The van der Waals surface area contributed by atoms with Crippen LogP contribution >= 0.6 is 23.2 Å². The van der Waals surface area contributed by atoms with E-state index in [0.29, 0.717) is 61.6 Å². The summed E-state index contributed by atoms with van der Waals surface area (Å²) in [6.45, 7) is 4.53. The van der Waals surface area contributed by atoms with Crippen molar-refractivity contribution < 1.29 is 28.9 Å². The smallest absolute Gasteiger partial charge is 0.337 e. The fraction of sp³-hybridized carbons (Fsp3) is 0.132. The van der Waals surface area contributed by atoms with E-state index in [0.717, 1.165) is 11.1 Å². The molecule has 16 nitrogen and oxygen atoms in total. The van der Waals surface area contributed by atoms with Gasteiger partial charge in [0.1, 0.15) is 34.6 Å². The summed E-state index contributed by atoms with van der Waals surface area (Å²) >= 11 is 12.0. The van der Waals surface area contributed by atoms with Crippen LogP contribution in [0.4, 0.5) is 23.0 Å². The van der Waals surface area contributed by atoms with E-state index >= 15 is 0 Å². The number of nitrogens with zero attached hydrogens (tertiary/aromatic N) is 4. The number of methoxy groups -OCH3 is 1. The minimum Gasteiger partial charge on any atom is -0.478 e. The summed E-state index contributed by atoms with van der Waals surface area (Å²) in [4.78, 5) is 74.0. The van der Waals surface area contributed by atoms with Crippen LogP contribution in [0.5, 0.6) is 23.0 Å². The maximum atomic E-state index is 13.1. The number of hydrogen-bond acceptors (Lipinski definition) is 11. The quantitative estimate of drug-likeness (QED) is 0.0777. The van der Waals surface area contributed by atoms with Crippen LogP contribution in [0.3, 0.4) is 0 Å². The molecule has 6 aromatic carbocycles. The molecule has 0 bridgehead atoms. The number of rotatable bonds is 16. The van der Waals surface area contributed by atoms with E-state index in [1.165, 1.54) is 49.6 Å². The molecule has 0 radical (unpaired) electrons. The Morgan fingerprint density at radius 1 is 0.507 bits per heavy atom. The zero-order valence-corrected chi connectivity index (χ0v) is 40.0. The normalized spacial score (nSPS) is 10.7. The highest BCUT2D eigenvalue weighted by molar-refractivity contribution is 6.30. The van der Waals surface area contributed by atoms with E-state index in [1.54, 1.807) is 123 Å². The molecule has 8 rings (SSSR count). The van der Waals surface area contributed by atoms with E-state index in [9.17, 15) is 28.8 Å². The van der Waals surface area contributed by atoms with E-state index in [1.807, 2.05) is 24.3 Å². The molecule has 0 aliphatic carbocycles. The highest BCUT2D eigenvalue weighted by atomic mass is 35.5. The van der Waals surface area contributed by atoms with Crippen LogP contribution in [0.2, 0.25) is 10.0 Å². The van der Waals surface area contributed by atoms with Gasteiger partial charge < -0.3 is 30.0 Å². The molecule has 0 saturated heterocycles. The third-order valence-corrected chi connectivity index (χ3v) is 11.3. The number of carboxylic acids is 1. The van der Waals surface area contributed by atoms with Gasteiger partial charge in [0.25, 0.3) is 11.1 Å². The Balaban J connectivity index is 0.000000209. The molecule has 0 aliphatic heterocycles. The fourth-order valence-corrected chi connectivity index (χ4v) is 7.40. The van der Waals surface area contributed by atoms with E-state index in [-0.39, 0.29) is 37.3 Å². The van der Waals surface area contributed by atoms with Crippen LogP contribution in [0, 0.1) is 0 Å². The molecule has 2 heterocycles. The molecule has 71 heavy (non-hydrogen) atoms. The number of aromatic nitrogens is 4. The Bertz CT molecular complexity index is 3430. The van der Waals surface area contributed by atoms with Gasteiger partial charge in [-0.05, 0) is 134 Å². The number of nitrogens with one attached hydrogen (secondary N) is 2. The molecule has 8 aromatic rings. The van der Waals surface area contributed by atoms with Crippen molar-refractivity contribution in [3.05, 3.63) is 232 Å². The first-order valence-electron chi connectivity index (χ1n) is 22.0. The molecule has 0 fully saturated rings. The molecule has 362 valence electrons. The summed E-state index contributed by atoms with van der Waals surface area (Å²) in [6.07, 6.45) is 0. The summed E-state index contributed by atoms with van der Waals surface area (Å²) < 4.78 is 21.7. The minimum absolute atomic E-state index is 0.126. The first-order valence-corrected chi connectivity index (χ1v) is 22.8. The van der Waals surface area contributed by atoms with Gasteiger partial charge in [-0.25, -0.2) is 19.2 Å². The predicted molar refractivity (Wildman–Crippen MR) is 273 cm³/mol. The maximum absolute atomic E-state index is 13.1. The average Bonchev–Trinajstić information content (AvgIpc) is 3.36. The number of hydrogen-bond donors (Lipinski definition) is 3. The Morgan fingerprint density at radius 2 is 0.901 bits per heavy atom. The van der Waals surface area contributed by atoms with Gasteiger partial charge in [0.15, 0.2) is 0 Å². The van der Waals surface area contributed by atoms with Crippen LogP contribution in [0.25, 0.3) is 0 Å². The number of carbonyl (C=O) groups excluding carboxylic acids is 1. The van der Waals surface area contributed by atoms with Gasteiger partial charge in [0.2, 0.25) is 0 Å². The molecule has 18 heteroatoms. The Labute approximate surface area is 416 Å². The number of carbonyl (C=O) groups is 2.